The molecular weight excluding hydrogens is 1210 g/mol. The van der Waals surface area contributed by atoms with Crippen LogP contribution in [-0.4, -0.2) is 96.7 Å². The van der Waals surface area contributed by atoms with E-state index in [2.05, 4.69) is 48.5 Å². The number of aliphatic hydroxyl groups is 1. The zero-order chi connectivity index (χ0) is 68.0. The minimum Gasteiger partial charge on any atom is -0.462 e. The summed E-state index contributed by atoms with van der Waals surface area (Å²) in [6.45, 7) is 11.7. The second kappa shape index (κ2) is 63.8. The van der Waals surface area contributed by atoms with Crippen LogP contribution in [0.1, 0.15) is 370 Å². The SMILES string of the molecule is CCCCCCCCCCCCCCCCCCCCCCC(=O)O[C@H](COC(=O)CCCCCCCCCCCC(C)C)COP(=O)(O)OC[C@@H](O)COP(=O)(O)OC[C@@H](COC(=O)CCCCCCCCC(C)C)OC(=O)CCCCCCCCCCC(C)C. The summed E-state index contributed by atoms with van der Waals surface area (Å²) >= 11 is 0. The number of esters is 4. The molecule has 17 nitrogen and oxygen atoms in total. The van der Waals surface area contributed by atoms with Crippen LogP contribution >= 0.6 is 15.6 Å². The first-order valence-electron chi connectivity index (χ1n) is 37.8. The molecule has 0 radical (unpaired) electrons. The summed E-state index contributed by atoms with van der Waals surface area (Å²) in [4.78, 5) is 72.6. The summed E-state index contributed by atoms with van der Waals surface area (Å²) in [6, 6.07) is 0. The number of aliphatic hydroxyl groups excluding tert-OH is 1. The highest BCUT2D eigenvalue weighted by atomic mass is 31.2. The normalized spacial score (nSPS) is 14.1. The van der Waals surface area contributed by atoms with Crippen molar-refractivity contribution in [1.29, 1.82) is 0 Å². The van der Waals surface area contributed by atoms with Gasteiger partial charge in [0.25, 0.3) is 0 Å². The number of carbonyl (C=O) groups is 4. The molecule has 546 valence electrons. The fourth-order valence-corrected chi connectivity index (χ4v) is 12.7. The predicted molar refractivity (Wildman–Crippen MR) is 372 cm³/mol. The van der Waals surface area contributed by atoms with Crippen LogP contribution in [0.4, 0.5) is 0 Å². The van der Waals surface area contributed by atoms with E-state index < -0.39 is 97.5 Å². The van der Waals surface area contributed by atoms with Crippen molar-refractivity contribution in [2.45, 2.75) is 388 Å². The molecule has 0 aliphatic carbocycles. The monoisotopic (exact) mass is 1350 g/mol. The zero-order valence-electron chi connectivity index (χ0n) is 60.0. The molecule has 5 atom stereocenters. The fourth-order valence-electron chi connectivity index (χ4n) is 11.1. The van der Waals surface area contributed by atoms with Crippen LogP contribution in [-0.2, 0) is 65.4 Å². The lowest BCUT2D eigenvalue weighted by Crippen LogP contribution is -2.30. The maximum Gasteiger partial charge on any atom is 0.472 e. The molecule has 0 spiro atoms. The van der Waals surface area contributed by atoms with Crippen LogP contribution in [0.5, 0.6) is 0 Å². The van der Waals surface area contributed by atoms with Crippen molar-refractivity contribution < 1.29 is 80.2 Å². The van der Waals surface area contributed by atoms with E-state index in [9.17, 15) is 43.2 Å². The average molecular weight is 1350 g/mol. The Hall–Kier alpha value is -1.94. The second-order valence-corrected chi connectivity index (χ2v) is 30.7. The topological polar surface area (TPSA) is 237 Å². The van der Waals surface area contributed by atoms with E-state index in [-0.39, 0.29) is 25.7 Å². The molecule has 3 N–H and O–H groups in total. The van der Waals surface area contributed by atoms with Crippen molar-refractivity contribution in [3.63, 3.8) is 0 Å². The number of hydrogen-bond donors (Lipinski definition) is 3. The quantitative estimate of drug-likeness (QED) is 0.0222. The van der Waals surface area contributed by atoms with Crippen molar-refractivity contribution in [3.8, 4) is 0 Å². The summed E-state index contributed by atoms with van der Waals surface area (Å²) in [5, 5.41) is 10.6. The van der Waals surface area contributed by atoms with Gasteiger partial charge in [-0.3, -0.25) is 37.3 Å². The van der Waals surface area contributed by atoms with Crippen molar-refractivity contribution in [1.82, 2.24) is 0 Å². The number of ether oxygens (including phenoxy) is 4. The Morgan fingerprint density at radius 2 is 0.500 bits per heavy atom. The molecule has 0 bridgehead atoms. The van der Waals surface area contributed by atoms with Gasteiger partial charge >= 0.3 is 39.5 Å². The van der Waals surface area contributed by atoms with Gasteiger partial charge in [0, 0.05) is 25.7 Å². The summed E-state index contributed by atoms with van der Waals surface area (Å²) in [6.07, 6.45) is 49.0. The van der Waals surface area contributed by atoms with Gasteiger partial charge in [0.15, 0.2) is 12.2 Å². The standard InChI is InChI=1S/C73H142O17P2/c1-8-9-10-11-12-13-14-15-16-17-18-19-20-21-22-23-26-33-42-49-56-72(77)89-68(60-83-70(75)54-47-40-32-27-24-25-30-37-44-51-64(2)3)62-87-91(79,80)85-58-67(74)59-86-92(81,82)88-63-69(61-84-71(76)55-48-41-36-35-39-46-53-66(6)7)90-73(78)57-50-43-34-29-28-31-38-45-52-65(4)5/h64-69,74H,8-63H2,1-7H3,(H,79,80)(H,81,82)/t67-,68-,69-/m1/s1. The molecule has 0 fully saturated rings. The minimum absolute atomic E-state index is 0.103. The van der Waals surface area contributed by atoms with Crippen LogP contribution in [0.2, 0.25) is 0 Å². The maximum atomic E-state index is 13.0. The summed E-state index contributed by atoms with van der Waals surface area (Å²) in [7, 11) is -9.90. The Morgan fingerprint density at radius 1 is 0.293 bits per heavy atom. The Bertz CT molecular complexity index is 1800. The third-order valence-corrected chi connectivity index (χ3v) is 18.8. The van der Waals surface area contributed by atoms with Gasteiger partial charge in [0.05, 0.1) is 26.4 Å². The first-order valence-corrected chi connectivity index (χ1v) is 40.8. The Balaban J connectivity index is 5.19. The molecule has 92 heavy (non-hydrogen) atoms. The molecule has 2 unspecified atom stereocenters. The van der Waals surface area contributed by atoms with Gasteiger partial charge in [-0.15, -0.1) is 0 Å². The van der Waals surface area contributed by atoms with Crippen molar-refractivity contribution in [3.05, 3.63) is 0 Å². The molecule has 0 heterocycles. The van der Waals surface area contributed by atoms with Gasteiger partial charge in [0.2, 0.25) is 0 Å². The van der Waals surface area contributed by atoms with Gasteiger partial charge in [0.1, 0.15) is 19.3 Å². The lowest BCUT2D eigenvalue weighted by molar-refractivity contribution is -0.161. The van der Waals surface area contributed by atoms with E-state index in [1.165, 1.54) is 173 Å². The number of phosphoric ester groups is 2. The van der Waals surface area contributed by atoms with Crippen LogP contribution in [0, 0.1) is 17.8 Å². The molecule has 0 aromatic carbocycles. The van der Waals surface area contributed by atoms with Gasteiger partial charge in [-0.1, -0.05) is 318 Å². The molecule has 0 saturated carbocycles. The maximum absolute atomic E-state index is 13.0. The van der Waals surface area contributed by atoms with Crippen molar-refractivity contribution in [2.75, 3.05) is 39.6 Å². The van der Waals surface area contributed by atoms with E-state index in [1.807, 2.05) is 0 Å². The number of unbranched alkanes of at least 4 members (excludes halogenated alkanes) is 39. The van der Waals surface area contributed by atoms with E-state index in [1.54, 1.807) is 0 Å². The first-order chi connectivity index (χ1) is 44.2. The van der Waals surface area contributed by atoms with Gasteiger partial charge < -0.3 is 33.8 Å². The van der Waals surface area contributed by atoms with Crippen LogP contribution in [0.25, 0.3) is 0 Å². The highest BCUT2D eigenvalue weighted by molar-refractivity contribution is 7.47. The molecule has 19 heteroatoms. The van der Waals surface area contributed by atoms with E-state index in [0.29, 0.717) is 31.6 Å². The Labute approximate surface area is 562 Å². The lowest BCUT2D eigenvalue weighted by Gasteiger charge is -2.21. The molecule has 0 rings (SSSR count). The number of phosphoric acid groups is 2. The first kappa shape index (κ1) is 90.1. The summed E-state index contributed by atoms with van der Waals surface area (Å²) in [5.41, 5.74) is 0. The van der Waals surface area contributed by atoms with Crippen LogP contribution in [0.15, 0.2) is 0 Å². The molecule has 0 aromatic heterocycles. The van der Waals surface area contributed by atoms with Crippen LogP contribution < -0.4 is 0 Å². The molecule has 0 aliphatic rings. The Kier molecular flexibility index (Phi) is 62.4. The number of hydrogen-bond acceptors (Lipinski definition) is 15. The van der Waals surface area contributed by atoms with E-state index in [4.69, 9.17) is 37.0 Å². The summed E-state index contributed by atoms with van der Waals surface area (Å²) in [5.74, 6) is 0.0139. The molecule has 0 aliphatic heterocycles. The number of rotatable bonds is 71. The molecule has 0 saturated heterocycles. The summed E-state index contributed by atoms with van der Waals surface area (Å²) < 4.78 is 68.3. The predicted octanol–water partition coefficient (Wildman–Crippen LogP) is 21.0. The molecular formula is C73H142O17P2. The lowest BCUT2D eigenvalue weighted by atomic mass is 10.0. The van der Waals surface area contributed by atoms with Gasteiger partial charge in [-0.05, 0) is 43.4 Å². The average Bonchev–Trinajstić information content (AvgIpc) is 1.59. The third kappa shape index (κ3) is 66.7. The fraction of sp³-hybridized carbons (Fsp3) is 0.945. The largest absolute Gasteiger partial charge is 0.472 e. The third-order valence-electron chi connectivity index (χ3n) is 16.9. The van der Waals surface area contributed by atoms with Crippen molar-refractivity contribution >= 4 is 39.5 Å². The Morgan fingerprint density at radius 3 is 0.739 bits per heavy atom. The van der Waals surface area contributed by atoms with Gasteiger partial charge in [-0.25, -0.2) is 9.13 Å². The molecule has 0 aromatic rings. The highest BCUT2D eigenvalue weighted by Crippen LogP contribution is 2.45. The zero-order valence-corrected chi connectivity index (χ0v) is 61.8. The highest BCUT2D eigenvalue weighted by Gasteiger charge is 2.30. The second-order valence-electron chi connectivity index (χ2n) is 27.8. The smallest absolute Gasteiger partial charge is 0.462 e. The van der Waals surface area contributed by atoms with Crippen LogP contribution in [0.3, 0.4) is 0 Å². The number of carbonyl (C=O) groups excluding carboxylic acids is 4. The minimum atomic E-state index is -4.95. The molecule has 0 amide bonds. The van der Waals surface area contributed by atoms with Crippen molar-refractivity contribution in [2.24, 2.45) is 17.8 Å². The van der Waals surface area contributed by atoms with Gasteiger partial charge in [-0.2, -0.15) is 0 Å². The van der Waals surface area contributed by atoms with E-state index >= 15 is 0 Å². The van der Waals surface area contributed by atoms with E-state index in [0.717, 1.165) is 108 Å².